The normalized spacial score (nSPS) is 11.3. The minimum atomic E-state index is 0.410. The average molecular weight is 355 g/mol. The van der Waals surface area contributed by atoms with E-state index in [1.54, 1.807) is 28.3 Å². The highest BCUT2D eigenvalue weighted by Gasteiger charge is 2.09. The van der Waals surface area contributed by atoms with Gasteiger partial charge in [0.2, 0.25) is 4.77 Å². The summed E-state index contributed by atoms with van der Waals surface area (Å²) >= 11 is 18.9. The van der Waals surface area contributed by atoms with Gasteiger partial charge in [0.25, 0.3) is 0 Å². The second-order valence-corrected chi connectivity index (χ2v) is 6.15. The van der Waals surface area contributed by atoms with E-state index in [0.717, 1.165) is 4.88 Å². The average Bonchev–Trinajstić information content (AvgIpc) is 3.10. The first-order valence-corrected chi connectivity index (χ1v) is 7.91. The highest BCUT2D eigenvalue weighted by atomic mass is 35.5. The number of thiophene rings is 1. The second kappa shape index (κ2) is 6.11. The molecule has 3 aromatic rings. The van der Waals surface area contributed by atoms with E-state index in [1.807, 2.05) is 29.6 Å². The van der Waals surface area contributed by atoms with Gasteiger partial charge in [0.15, 0.2) is 5.82 Å². The predicted molar refractivity (Wildman–Crippen MR) is 90.2 cm³/mol. The van der Waals surface area contributed by atoms with Crippen LogP contribution in [0.5, 0.6) is 0 Å². The fourth-order valence-electron chi connectivity index (χ4n) is 1.70. The molecule has 0 radical (unpaired) electrons. The van der Waals surface area contributed by atoms with Crippen LogP contribution >= 0.6 is 46.8 Å². The molecule has 1 aromatic carbocycles. The Balaban J connectivity index is 2.03. The van der Waals surface area contributed by atoms with E-state index in [1.165, 1.54) is 0 Å². The summed E-state index contributed by atoms with van der Waals surface area (Å²) < 4.78 is 1.96. The summed E-state index contributed by atoms with van der Waals surface area (Å²) in [7, 11) is 0. The molecule has 0 aliphatic rings. The molecular formula is C13H8Cl2N4S2. The van der Waals surface area contributed by atoms with Crippen molar-refractivity contribution in [1.29, 1.82) is 0 Å². The van der Waals surface area contributed by atoms with Gasteiger partial charge >= 0.3 is 0 Å². The van der Waals surface area contributed by atoms with E-state index < -0.39 is 0 Å². The summed E-state index contributed by atoms with van der Waals surface area (Å²) in [6, 6.07) is 9.26. The lowest BCUT2D eigenvalue weighted by molar-refractivity contribution is 0.873. The van der Waals surface area contributed by atoms with Crippen LogP contribution in [0.15, 0.2) is 40.8 Å². The smallest absolute Gasteiger partial charge is 0.216 e. The third kappa shape index (κ3) is 2.94. The number of hydrogen-bond acceptors (Lipinski definition) is 4. The maximum atomic E-state index is 6.13. The fourth-order valence-corrected chi connectivity index (χ4v) is 2.94. The first-order chi connectivity index (χ1) is 10.2. The van der Waals surface area contributed by atoms with E-state index in [0.29, 0.717) is 26.2 Å². The van der Waals surface area contributed by atoms with Crippen molar-refractivity contribution in [2.75, 3.05) is 0 Å². The third-order valence-electron chi connectivity index (χ3n) is 2.69. The molecule has 0 fully saturated rings. The largest absolute Gasteiger partial charge is 0.250 e. The topological polar surface area (TPSA) is 46.0 Å². The van der Waals surface area contributed by atoms with Crippen molar-refractivity contribution >= 4 is 53.0 Å². The molecule has 0 spiro atoms. The summed E-state index contributed by atoms with van der Waals surface area (Å²) in [5, 5.41) is 14.2. The fraction of sp³-hybridized carbons (Fsp3) is 0. The van der Waals surface area contributed by atoms with Crippen LogP contribution in [0, 0.1) is 4.77 Å². The van der Waals surface area contributed by atoms with Gasteiger partial charge in [0, 0.05) is 5.56 Å². The van der Waals surface area contributed by atoms with Crippen LogP contribution in [0.25, 0.3) is 10.7 Å². The number of aromatic amines is 1. The minimum Gasteiger partial charge on any atom is -0.250 e. The molecule has 0 aliphatic carbocycles. The molecule has 0 unspecified atom stereocenters. The molecule has 4 nitrogen and oxygen atoms in total. The van der Waals surface area contributed by atoms with Gasteiger partial charge in [-0.05, 0) is 29.7 Å². The predicted octanol–water partition coefficient (Wildman–Crippen LogP) is 4.86. The summed E-state index contributed by atoms with van der Waals surface area (Å²) in [5.74, 6) is 0.657. The zero-order valence-corrected chi connectivity index (χ0v) is 13.6. The number of hydrogen-bond donors (Lipinski definition) is 1. The number of aromatic nitrogens is 3. The van der Waals surface area contributed by atoms with E-state index >= 15 is 0 Å². The molecule has 1 N–H and O–H groups in total. The number of benzene rings is 1. The highest BCUT2D eigenvalue weighted by molar-refractivity contribution is 7.71. The highest BCUT2D eigenvalue weighted by Crippen LogP contribution is 2.25. The van der Waals surface area contributed by atoms with Gasteiger partial charge in [0.05, 0.1) is 21.1 Å². The van der Waals surface area contributed by atoms with Crippen molar-refractivity contribution in [3.8, 4) is 10.7 Å². The first kappa shape index (κ1) is 14.5. The van der Waals surface area contributed by atoms with Crippen LogP contribution < -0.4 is 0 Å². The van der Waals surface area contributed by atoms with E-state index in [2.05, 4.69) is 15.3 Å². The second-order valence-electron chi connectivity index (χ2n) is 4.03. The molecule has 0 saturated heterocycles. The molecular weight excluding hydrogens is 347 g/mol. The van der Waals surface area contributed by atoms with Gasteiger partial charge in [-0.3, -0.25) is 0 Å². The van der Waals surface area contributed by atoms with Gasteiger partial charge in [-0.15, -0.1) is 11.3 Å². The molecule has 0 aliphatic heterocycles. The Morgan fingerprint density at radius 2 is 2.14 bits per heavy atom. The van der Waals surface area contributed by atoms with Crippen LogP contribution in [-0.4, -0.2) is 21.1 Å². The number of nitrogens with zero attached hydrogens (tertiary/aromatic N) is 3. The molecule has 0 saturated carbocycles. The van der Waals surface area contributed by atoms with Crippen LogP contribution in [0.1, 0.15) is 5.56 Å². The summed E-state index contributed by atoms with van der Waals surface area (Å²) in [6.07, 6.45) is 1.61. The van der Waals surface area contributed by atoms with E-state index in [4.69, 9.17) is 35.4 Å². The third-order valence-corrected chi connectivity index (χ3v) is 4.65. The number of H-pyrrole nitrogens is 1. The van der Waals surface area contributed by atoms with Crippen molar-refractivity contribution in [3.05, 3.63) is 56.1 Å². The molecule has 0 bridgehead atoms. The van der Waals surface area contributed by atoms with E-state index in [-0.39, 0.29) is 0 Å². The van der Waals surface area contributed by atoms with Gasteiger partial charge in [-0.25, -0.2) is 5.10 Å². The van der Waals surface area contributed by atoms with Crippen molar-refractivity contribution in [2.45, 2.75) is 0 Å². The molecule has 0 atom stereocenters. The van der Waals surface area contributed by atoms with Crippen molar-refractivity contribution in [1.82, 2.24) is 14.9 Å². The Hall–Kier alpha value is -1.47. The van der Waals surface area contributed by atoms with E-state index in [9.17, 15) is 0 Å². The zero-order valence-electron chi connectivity index (χ0n) is 10.5. The number of nitrogens with one attached hydrogen (secondary N) is 1. The van der Waals surface area contributed by atoms with Gasteiger partial charge in [-0.2, -0.15) is 14.9 Å². The Kier molecular flexibility index (Phi) is 4.21. The summed E-state index contributed by atoms with van der Waals surface area (Å²) in [4.78, 5) is 0.969. The molecule has 0 amide bonds. The zero-order chi connectivity index (χ0) is 14.8. The Morgan fingerprint density at radius 1 is 1.29 bits per heavy atom. The molecule has 8 heteroatoms. The van der Waals surface area contributed by atoms with Gasteiger partial charge in [-0.1, -0.05) is 41.4 Å². The van der Waals surface area contributed by atoms with Crippen LogP contribution in [-0.2, 0) is 0 Å². The summed E-state index contributed by atoms with van der Waals surface area (Å²) in [6.45, 7) is 0. The number of halogens is 2. The molecule has 3 rings (SSSR count). The maximum Gasteiger partial charge on any atom is 0.216 e. The monoisotopic (exact) mass is 354 g/mol. The SMILES string of the molecule is S=c1[nH]nc(-c2cccs2)n1/N=C/c1cccc(Cl)c1Cl. The van der Waals surface area contributed by atoms with Crippen LogP contribution in [0.3, 0.4) is 0 Å². The molecule has 106 valence electrons. The van der Waals surface area contributed by atoms with Crippen LogP contribution in [0.4, 0.5) is 0 Å². The Bertz CT molecular complexity index is 849. The standard InChI is InChI=1S/C13H8Cl2N4S2/c14-9-4-1-3-8(11(9)15)7-16-19-12(17-18-13(19)20)10-5-2-6-21-10/h1-7H,(H,18,20)/b16-7+. The maximum absolute atomic E-state index is 6.13. The quantitative estimate of drug-likeness (QED) is 0.539. The molecule has 21 heavy (non-hydrogen) atoms. The number of rotatable bonds is 3. The minimum absolute atomic E-state index is 0.410. The molecule has 2 aromatic heterocycles. The first-order valence-electron chi connectivity index (χ1n) is 5.86. The van der Waals surface area contributed by atoms with Crippen LogP contribution in [0.2, 0.25) is 10.0 Å². The Morgan fingerprint density at radius 3 is 2.90 bits per heavy atom. The molecule has 2 heterocycles. The van der Waals surface area contributed by atoms with Crippen molar-refractivity contribution in [2.24, 2.45) is 5.10 Å². The Labute approximate surface area is 139 Å². The summed E-state index contributed by atoms with van der Waals surface area (Å²) in [5.41, 5.74) is 0.712. The van der Waals surface area contributed by atoms with Gasteiger partial charge in [0.1, 0.15) is 0 Å². The lowest BCUT2D eigenvalue weighted by Crippen LogP contribution is -1.94. The van der Waals surface area contributed by atoms with Crippen molar-refractivity contribution < 1.29 is 0 Å². The lowest BCUT2D eigenvalue weighted by Gasteiger charge is -2.01. The van der Waals surface area contributed by atoms with Crippen molar-refractivity contribution in [3.63, 3.8) is 0 Å². The van der Waals surface area contributed by atoms with Gasteiger partial charge < -0.3 is 0 Å². The lowest BCUT2D eigenvalue weighted by atomic mass is 10.2.